The topological polar surface area (TPSA) is 26.3 Å². The van der Waals surface area contributed by atoms with Gasteiger partial charge in [-0.2, -0.15) is 0 Å². The molecule has 1 rings (SSSR count). The Hall–Kier alpha value is -1.38. The van der Waals surface area contributed by atoms with E-state index in [4.69, 9.17) is 4.74 Å². The molecule has 0 aliphatic carbocycles. The van der Waals surface area contributed by atoms with Crippen LogP contribution in [-0.4, -0.2) is 12.1 Å². The Morgan fingerprint density at radius 2 is 1.52 bits per heavy atom. The van der Waals surface area contributed by atoms with E-state index >= 15 is 0 Å². The van der Waals surface area contributed by atoms with Crippen molar-refractivity contribution < 1.29 is 13.9 Å². The molecule has 0 amide bonds. The molecule has 0 saturated carbocycles. The lowest BCUT2D eigenvalue weighted by molar-refractivity contribution is 0.0319. The standard InChI is InChI=1S/C22H35FO2/c1-3-4-5-6-7-8-9-10-11-12-13-15-19(2)25-22(24)20-16-14-17-21(23)18-20/h14,16-19H,3-13,15H2,1-2H3. The number of carbonyl (C=O) groups is 1. The number of ether oxygens (including phenoxy) is 1. The van der Waals surface area contributed by atoms with Crippen molar-refractivity contribution in [2.24, 2.45) is 0 Å². The first-order valence-electron chi connectivity index (χ1n) is 10.1. The molecule has 2 nitrogen and oxygen atoms in total. The van der Waals surface area contributed by atoms with E-state index in [0.717, 1.165) is 12.8 Å². The highest BCUT2D eigenvalue weighted by Gasteiger charge is 2.12. The summed E-state index contributed by atoms with van der Waals surface area (Å²) >= 11 is 0. The second kappa shape index (κ2) is 13.9. The predicted molar refractivity (Wildman–Crippen MR) is 102 cm³/mol. The van der Waals surface area contributed by atoms with Crippen molar-refractivity contribution in [3.8, 4) is 0 Å². The number of unbranched alkanes of at least 4 members (excludes halogenated alkanes) is 10. The molecule has 0 radical (unpaired) electrons. The molecule has 0 spiro atoms. The summed E-state index contributed by atoms with van der Waals surface area (Å²) in [7, 11) is 0. The molecule has 1 atom stereocenters. The van der Waals surface area contributed by atoms with Crippen molar-refractivity contribution in [1.29, 1.82) is 0 Å². The van der Waals surface area contributed by atoms with E-state index < -0.39 is 11.8 Å². The van der Waals surface area contributed by atoms with Crippen molar-refractivity contribution in [1.82, 2.24) is 0 Å². The summed E-state index contributed by atoms with van der Waals surface area (Å²) in [4.78, 5) is 11.9. The van der Waals surface area contributed by atoms with Crippen LogP contribution in [0.2, 0.25) is 0 Å². The van der Waals surface area contributed by atoms with Gasteiger partial charge < -0.3 is 4.74 Å². The van der Waals surface area contributed by atoms with Gasteiger partial charge in [-0.25, -0.2) is 9.18 Å². The van der Waals surface area contributed by atoms with Crippen molar-refractivity contribution >= 4 is 5.97 Å². The van der Waals surface area contributed by atoms with Crippen LogP contribution in [0.5, 0.6) is 0 Å². The molecule has 142 valence electrons. The molecular formula is C22H35FO2. The molecule has 0 aromatic heterocycles. The van der Waals surface area contributed by atoms with Gasteiger partial charge in [-0.15, -0.1) is 0 Å². The summed E-state index contributed by atoms with van der Waals surface area (Å²) in [6.45, 7) is 4.16. The molecule has 0 saturated heterocycles. The first-order valence-corrected chi connectivity index (χ1v) is 10.1. The largest absolute Gasteiger partial charge is 0.459 e. The lowest BCUT2D eigenvalue weighted by Gasteiger charge is -2.13. The van der Waals surface area contributed by atoms with Gasteiger partial charge in [0.15, 0.2) is 0 Å². The van der Waals surface area contributed by atoms with Gasteiger partial charge in [0, 0.05) is 0 Å². The Morgan fingerprint density at radius 3 is 2.08 bits per heavy atom. The van der Waals surface area contributed by atoms with Crippen molar-refractivity contribution in [2.45, 2.75) is 97.0 Å². The molecule has 0 N–H and O–H groups in total. The highest BCUT2D eigenvalue weighted by atomic mass is 19.1. The van der Waals surface area contributed by atoms with Gasteiger partial charge in [0.25, 0.3) is 0 Å². The summed E-state index contributed by atoms with van der Waals surface area (Å²) < 4.78 is 18.5. The van der Waals surface area contributed by atoms with Gasteiger partial charge in [-0.05, 0) is 38.0 Å². The molecule has 0 fully saturated rings. The minimum atomic E-state index is -0.435. The van der Waals surface area contributed by atoms with E-state index in [9.17, 15) is 9.18 Å². The third-order valence-corrected chi connectivity index (χ3v) is 4.58. The van der Waals surface area contributed by atoms with Gasteiger partial charge in [-0.3, -0.25) is 0 Å². The second-order valence-corrected chi connectivity index (χ2v) is 7.05. The summed E-state index contributed by atoms with van der Waals surface area (Å²) in [5.74, 6) is -0.845. The van der Waals surface area contributed by atoms with Crippen LogP contribution in [0.25, 0.3) is 0 Å². The van der Waals surface area contributed by atoms with Crippen LogP contribution < -0.4 is 0 Å². The lowest BCUT2D eigenvalue weighted by atomic mass is 10.0. The maximum Gasteiger partial charge on any atom is 0.338 e. The molecule has 3 heteroatoms. The van der Waals surface area contributed by atoms with Crippen LogP contribution in [0.15, 0.2) is 24.3 Å². The molecule has 0 bridgehead atoms. The number of carbonyl (C=O) groups excluding carboxylic acids is 1. The first kappa shape index (κ1) is 21.7. The van der Waals surface area contributed by atoms with Crippen LogP contribution >= 0.6 is 0 Å². The van der Waals surface area contributed by atoms with Crippen LogP contribution in [0.3, 0.4) is 0 Å². The van der Waals surface area contributed by atoms with Gasteiger partial charge in [0.1, 0.15) is 5.82 Å². The maximum absolute atomic E-state index is 13.1. The normalized spacial score (nSPS) is 12.1. The van der Waals surface area contributed by atoms with Gasteiger partial charge >= 0.3 is 5.97 Å². The average molecular weight is 351 g/mol. The minimum absolute atomic E-state index is 0.116. The van der Waals surface area contributed by atoms with Gasteiger partial charge in [0.2, 0.25) is 0 Å². The second-order valence-electron chi connectivity index (χ2n) is 7.05. The number of halogens is 1. The maximum atomic E-state index is 13.1. The fraction of sp³-hybridized carbons (Fsp3) is 0.682. The van der Waals surface area contributed by atoms with E-state index in [0.29, 0.717) is 0 Å². The highest BCUT2D eigenvalue weighted by molar-refractivity contribution is 5.89. The van der Waals surface area contributed by atoms with E-state index in [1.165, 1.54) is 82.4 Å². The summed E-state index contributed by atoms with van der Waals surface area (Å²) in [5, 5.41) is 0. The lowest BCUT2D eigenvalue weighted by Crippen LogP contribution is -2.15. The first-order chi connectivity index (χ1) is 12.1. The van der Waals surface area contributed by atoms with Gasteiger partial charge in [-0.1, -0.05) is 77.2 Å². The van der Waals surface area contributed by atoms with Crippen molar-refractivity contribution in [3.05, 3.63) is 35.6 Å². The van der Waals surface area contributed by atoms with Crippen LogP contribution in [0.4, 0.5) is 4.39 Å². The highest BCUT2D eigenvalue weighted by Crippen LogP contribution is 2.14. The quantitative estimate of drug-likeness (QED) is 0.265. The fourth-order valence-corrected chi connectivity index (χ4v) is 3.02. The number of hydrogen-bond acceptors (Lipinski definition) is 2. The molecule has 25 heavy (non-hydrogen) atoms. The third-order valence-electron chi connectivity index (χ3n) is 4.58. The Kier molecular flexibility index (Phi) is 12.0. The fourth-order valence-electron chi connectivity index (χ4n) is 3.02. The van der Waals surface area contributed by atoms with Crippen LogP contribution in [0.1, 0.15) is 101 Å². The number of hydrogen-bond donors (Lipinski definition) is 0. The van der Waals surface area contributed by atoms with Gasteiger partial charge in [0.05, 0.1) is 11.7 Å². The van der Waals surface area contributed by atoms with Crippen LogP contribution in [-0.2, 0) is 4.74 Å². The molecule has 0 heterocycles. The van der Waals surface area contributed by atoms with Crippen molar-refractivity contribution in [3.63, 3.8) is 0 Å². The van der Waals surface area contributed by atoms with Crippen molar-refractivity contribution in [2.75, 3.05) is 0 Å². The summed E-state index contributed by atoms with van der Waals surface area (Å²) in [5.41, 5.74) is 0.283. The average Bonchev–Trinajstić information content (AvgIpc) is 2.59. The Labute approximate surface area is 153 Å². The Bertz CT molecular complexity index is 473. The zero-order valence-corrected chi connectivity index (χ0v) is 16.1. The molecule has 1 aromatic carbocycles. The zero-order valence-electron chi connectivity index (χ0n) is 16.1. The smallest absolute Gasteiger partial charge is 0.338 e. The van der Waals surface area contributed by atoms with E-state index in [1.807, 2.05) is 6.92 Å². The number of benzene rings is 1. The molecule has 0 aliphatic rings. The molecule has 0 aliphatic heterocycles. The Morgan fingerprint density at radius 1 is 0.960 bits per heavy atom. The summed E-state index contributed by atoms with van der Waals surface area (Å²) in [6, 6.07) is 5.66. The van der Waals surface area contributed by atoms with Crippen LogP contribution in [0, 0.1) is 5.82 Å². The summed E-state index contributed by atoms with van der Waals surface area (Å²) in [6.07, 6.45) is 15.2. The molecular weight excluding hydrogens is 315 g/mol. The van der Waals surface area contributed by atoms with E-state index in [2.05, 4.69) is 6.92 Å². The Balaban J connectivity index is 1.98. The predicted octanol–water partition coefficient (Wildman–Crippen LogP) is 7.07. The zero-order chi connectivity index (χ0) is 18.3. The van der Waals surface area contributed by atoms with E-state index in [-0.39, 0.29) is 11.7 Å². The third kappa shape index (κ3) is 11.0. The SMILES string of the molecule is CCCCCCCCCCCCCC(C)OC(=O)c1cccc(F)c1. The number of rotatable bonds is 14. The molecule has 1 aromatic rings. The minimum Gasteiger partial charge on any atom is -0.459 e. The molecule has 1 unspecified atom stereocenters. The monoisotopic (exact) mass is 350 g/mol. The number of esters is 1. The van der Waals surface area contributed by atoms with E-state index in [1.54, 1.807) is 6.07 Å².